The average molecular weight is 526 g/mol. The van der Waals surface area contributed by atoms with Gasteiger partial charge in [-0.2, -0.15) is 0 Å². The maximum atomic E-state index is 12.8. The van der Waals surface area contributed by atoms with Crippen LogP contribution in [-0.2, 0) is 23.9 Å². The topological polar surface area (TPSA) is 163 Å². The summed E-state index contributed by atoms with van der Waals surface area (Å²) in [5, 5.41) is 30.0. The molecule has 0 radical (unpaired) electrons. The Bertz CT molecular complexity index is 640. The highest BCUT2D eigenvalue weighted by molar-refractivity contribution is 5.85. The van der Waals surface area contributed by atoms with Gasteiger partial charge in [0.1, 0.15) is 24.4 Å². The van der Waals surface area contributed by atoms with E-state index in [1.807, 2.05) is 13.8 Å². The molecule has 2 amide bonds. The quantitative estimate of drug-likeness (QED) is 0.347. The number of amides is 2. The van der Waals surface area contributed by atoms with E-state index in [-0.39, 0.29) is 63.3 Å². The average Bonchev–Trinajstić information content (AvgIpc) is 2.77. The van der Waals surface area contributed by atoms with Gasteiger partial charge in [0.2, 0.25) is 11.8 Å². The molecule has 35 heavy (non-hydrogen) atoms. The number of ether oxygens (including phenoxy) is 2. The van der Waals surface area contributed by atoms with Crippen molar-refractivity contribution in [2.75, 3.05) is 46.0 Å². The minimum absolute atomic E-state index is 0. The van der Waals surface area contributed by atoms with Crippen molar-refractivity contribution in [2.24, 2.45) is 11.7 Å². The molecule has 1 aliphatic heterocycles. The van der Waals surface area contributed by atoms with Crippen LogP contribution in [0, 0.1) is 5.92 Å². The Balaban J connectivity index is 0.0000116. The van der Waals surface area contributed by atoms with E-state index < -0.39 is 30.3 Å². The lowest BCUT2D eigenvalue weighted by molar-refractivity contribution is -0.142. The van der Waals surface area contributed by atoms with Gasteiger partial charge in [0, 0.05) is 52.7 Å². The van der Waals surface area contributed by atoms with Crippen molar-refractivity contribution in [1.82, 2.24) is 9.80 Å². The Kier molecular flexibility index (Phi) is 17.1. The molecule has 0 aromatic heterocycles. The van der Waals surface area contributed by atoms with Crippen molar-refractivity contribution in [3.8, 4) is 0 Å². The summed E-state index contributed by atoms with van der Waals surface area (Å²) in [7, 11) is 0. The zero-order valence-corrected chi connectivity index (χ0v) is 22.0. The summed E-state index contributed by atoms with van der Waals surface area (Å²) in [6.45, 7) is 7.10. The van der Waals surface area contributed by atoms with Crippen molar-refractivity contribution in [3.63, 3.8) is 0 Å². The molecule has 12 heteroatoms. The highest BCUT2D eigenvalue weighted by Gasteiger charge is 2.30. The van der Waals surface area contributed by atoms with Gasteiger partial charge in [-0.15, -0.1) is 12.4 Å². The van der Waals surface area contributed by atoms with Crippen molar-refractivity contribution < 1.29 is 39.2 Å². The van der Waals surface area contributed by atoms with Crippen LogP contribution in [0.1, 0.15) is 52.9 Å². The minimum atomic E-state index is -1.24. The van der Waals surface area contributed by atoms with Crippen molar-refractivity contribution in [1.29, 1.82) is 0 Å². The smallest absolute Gasteiger partial charge is 0.320 e. The number of rotatable bonds is 8. The zero-order valence-electron chi connectivity index (χ0n) is 21.1. The van der Waals surface area contributed by atoms with Crippen LogP contribution in [0.3, 0.4) is 0 Å². The second-order valence-electron chi connectivity index (χ2n) is 9.26. The Morgan fingerprint density at radius 3 is 2.34 bits per heavy atom. The van der Waals surface area contributed by atoms with Crippen LogP contribution in [0.15, 0.2) is 0 Å². The molecule has 0 bridgehead atoms. The van der Waals surface area contributed by atoms with Crippen LogP contribution in [0.2, 0.25) is 0 Å². The van der Waals surface area contributed by atoms with E-state index in [9.17, 15) is 24.6 Å². The Hall–Kier alpha value is -1.50. The first-order valence-electron chi connectivity index (χ1n) is 12.1. The van der Waals surface area contributed by atoms with Crippen molar-refractivity contribution in [2.45, 2.75) is 77.2 Å². The number of nitrogens with zero attached hydrogens (tertiary/aromatic N) is 2. The number of hydrogen-bond donors (Lipinski definition) is 4. The third kappa shape index (κ3) is 13.4. The molecule has 1 fully saturated rings. The van der Waals surface area contributed by atoms with E-state index in [0.29, 0.717) is 38.5 Å². The molecule has 0 saturated carbocycles. The number of carbonyl (C=O) groups is 3. The number of carboxylic acid groups (broad SMARTS) is 1. The zero-order chi connectivity index (χ0) is 25.7. The second-order valence-corrected chi connectivity index (χ2v) is 9.26. The maximum Gasteiger partial charge on any atom is 0.320 e. The molecule has 11 nitrogen and oxygen atoms in total. The third-order valence-corrected chi connectivity index (χ3v) is 5.88. The molecular weight excluding hydrogens is 482 g/mol. The van der Waals surface area contributed by atoms with Crippen LogP contribution < -0.4 is 5.73 Å². The number of nitrogens with two attached hydrogens (primary N) is 1. The minimum Gasteiger partial charge on any atom is -0.480 e. The summed E-state index contributed by atoms with van der Waals surface area (Å²) < 4.78 is 11.4. The third-order valence-electron chi connectivity index (χ3n) is 5.88. The molecule has 0 spiro atoms. The second kappa shape index (κ2) is 17.9. The lowest BCUT2D eigenvalue weighted by atomic mass is 10.1. The standard InChI is InChI=1S/C23H43N3O8.ClH/c1-16(2)8-13-34-20-14-26(17(3)27)11-10-25(21(29)7-6-18(24)23(31)32)9-4-5-12-33-15-19(28)22(20)30;/h16,18-20,22,28,30H,4-15,24H2,1-3H3,(H,31,32);1H/t18-,19-,20-,22-;/m1./s1. The maximum absolute atomic E-state index is 12.8. The molecule has 1 aliphatic rings. The summed E-state index contributed by atoms with van der Waals surface area (Å²) in [5.74, 6) is -1.24. The molecule has 0 aliphatic carbocycles. The number of carboxylic acids is 1. The summed E-state index contributed by atoms with van der Waals surface area (Å²) >= 11 is 0. The molecule has 5 N–H and O–H groups in total. The lowest BCUT2D eigenvalue weighted by Gasteiger charge is -2.34. The van der Waals surface area contributed by atoms with Gasteiger partial charge in [0.05, 0.1) is 6.61 Å². The summed E-state index contributed by atoms with van der Waals surface area (Å²) in [5.41, 5.74) is 5.53. The van der Waals surface area contributed by atoms with Gasteiger partial charge in [-0.05, 0) is 31.6 Å². The molecule has 4 atom stereocenters. The summed E-state index contributed by atoms with van der Waals surface area (Å²) in [6.07, 6.45) is -1.17. The summed E-state index contributed by atoms with van der Waals surface area (Å²) in [4.78, 5) is 39.1. The van der Waals surface area contributed by atoms with E-state index in [4.69, 9.17) is 20.3 Å². The van der Waals surface area contributed by atoms with Gasteiger partial charge < -0.3 is 40.3 Å². The molecule has 0 unspecified atom stereocenters. The predicted molar refractivity (Wildman–Crippen MR) is 132 cm³/mol. The largest absolute Gasteiger partial charge is 0.480 e. The van der Waals surface area contributed by atoms with E-state index in [1.54, 1.807) is 4.90 Å². The summed E-state index contributed by atoms with van der Waals surface area (Å²) in [6, 6.07) is -1.11. The Labute approximate surface area is 214 Å². The van der Waals surface area contributed by atoms with Gasteiger partial charge >= 0.3 is 5.97 Å². The predicted octanol–water partition coefficient (Wildman–Crippen LogP) is 0.241. The number of aliphatic hydroxyl groups excluding tert-OH is 2. The number of hydrogen-bond acceptors (Lipinski definition) is 8. The van der Waals surface area contributed by atoms with Crippen LogP contribution in [-0.4, -0.2) is 113 Å². The number of halogens is 1. The highest BCUT2D eigenvalue weighted by atomic mass is 35.5. The van der Waals surface area contributed by atoms with Crippen LogP contribution >= 0.6 is 12.4 Å². The van der Waals surface area contributed by atoms with Crippen molar-refractivity contribution in [3.05, 3.63) is 0 Å². The van der Waals surface area contributed by atoms with E-state index in [0.717, 1.165) is 6.42 Å². The fourth-order valence-electron chi connectivity index (χ4n) is 3.53. The van der Waals surface area contributed by atoms with E-state index in [2.05, 4.69) is 0 Å². The first-order chi connectivity index (χ1) is 16.0. The molecular formula is C23H44ClN3O8. The fraction of sp³-hybridized carbons (Fsp3) is 0.870. The van der Waals surface area contributed by atoms with Crippen LogP contribution in [0.4, 0.5) is 0 Å². The van der Waals surface area contributed by atoms with Crippen LogP contribution in [0.25, 0.3) is 0 Å². The van der Waals surface area contributed by atoms with E-state index >= 15 is 0 Å². The lowest BCUT2D eigenvalue weighted by Crippen LogP contribution is -2.50. The Morgan fingerprint density at radius 2 is 1.74 bits per heavy atom. The number of aliphatic carboxylic acids is 1. The first-order valence-corrected chi connectivity index (χ1v) is 12.1. The Morgan fingerprint density at radius 1 is 1.09 bits per heavy atom. The van der Waals surface area contributed by atoms with Gasteiger partial charge in [0.25, 0.3) is 0 Å². The number of aliphatic hydroxyl groups is 2. The van der Waals surface area contributed by atoms with Gasteiger partial charge in [-0.25, -0.2) is 0 Å². The monoisotopic (exact) mass is 525 g/mol. The fourth-order valence-corrected chi connectivity index (χ4v) is 3.53. The normalized spacial score (nSPS) is 23.8. The van der Waals surface area contributed by atoms with Crippen LogP contribution in [0.5, 0.6) is 0 Å². The molecule has 206 valence electrons. The van der Waals surface area contributed by atoms with Gasteiger partial charge in [-0.1, -0.05) is 13.8 Å². The molecule has 0 aromatic carbocycles. The highest BCUT2D eigenvalue weighted by Crippen LogP contribution is 2.13. The molecule has 0 aromatic rings. The first kappa shape index (κ1) is 33.5. The molecule has 1 heterocycles. The molecule has 1 saturated heterocycles. The number of carbonyl (C=O) groups excluding carboxylic acids is 2. The van der Waals surface area contributed by atoms with Gasteiger partial charge in [0.15, 0.2) is 0 Å². The van der Waals surface area contributed by atoms with Gasteiger partial charge in [-0.3, -0.25) is 14.4 Å². The van der Waals surface area contributed by atoms with E-state index in [1.165, 1.54) is 11.8 Å². The molecule has 1 rings (SSSR count). The van der Waals surface area contributed by atoms with Crippen molar-refractivity contribution >= 4 is 30.2 Å². The SMILES string of the molecule is CC(=O)N1CCN(C(=O)CC[C@@H](N)C(=O)O)CCCCOC[C@@H](O)[C@@H](O)[C@H](OCCC(C)C)C1.Cl.